The number of nitrogens with zero attached hydrogens (tertiary/aromatic N) is 4. The molecule has 0 radical (unpaired) electrons. The molecule has 0 unspecified atom stereocenters. The minimum absolute atomic E-state index is 0.0249. The molecule has 0 N–H and O–H groups in total. The van der Waals surface area contributed by atoms with E-state index >= 15 is 0 Å². The van der Waals surface area contributed by atoms with Crippen molar-refractivity contribution in [3.63, 3.8) is 0 Å². The normalized spacial score (nSPS) is 25.8. The molecule has 0 aliphatic carbocycles. The number of amides is 2. The van der Waals surface area contributed by atoms with Crippen LogP contribution in [0.2, 0.25) is 0 Å². The lowest BCUT2D eigenvalue weighted by Gasteiger charge is -2.49. The van der Waals surface area contributed by atoms with Gasteiger partial charge in [0.15, 0.2) is 0 Å². The Morgan fingerprint density at radius 3 is 2.41 bits per heavy atom. The largest absolute Gasteiger partial charge is 0.416 e. The lowest BCUT2D eigenvalue weighted by molar-refractivity contribution is -0.138. The predicted octanol–water partition coefficient (Wildman–Crippen LogP) is 1.85. The van der Waals surface area contributed by atoms with Crippen LogP contribution >= 0.6 is 0 Å². The van der Waals surface area contributed by atoms with Gasteiger partial charge in [0.05, 0.1) is 37.3 Å². The standard InChI is InChI=1S/C24H31F3N4O3/c25-24(26,27)18-3-4-20-17(13-18)14-19(23(33)30-5-1-2-6-30)21-15-28(7-8-31(20)21)16-22(32)29-9-11-34-12-10-29/h3-4,13,19,21H,1-2,5-12,14-16H2/t19-,21+/m1/s1. The van der Waals surface area contributed by atoms with Crippen molar-refractivity contribution in [2.45, 2.75) is 31.5 Å². The van der Waals surface area contributed by atoms with Crippen LogP contribution in [0, 0.1) is 5.92 Å². The van der Waals surface area contributed by atoms with E-state index in [1.54, 1.807) is 6.07 Å². The zero-order valence-corrected chi connectivity index (χ0v) is 19.2. The second-order valence-corrected chi connectivity index (χ2v) is 9.67. The van der Waals surface area contributed by atoms with Crippen molar-refractivity contribution in [2.75, 3.05) is 70.5 Å². The van der Waals surface area contributed by atoms with E-state index in [9.17, 15) is 22.8 Å². The maximum Gasteiger partial charge on any atom is 0.416 e. The summed E-state index contributed by atoms with van der Waals surface area (Å²) in [6, 6.07) is 3.73. The molecule has 4 aliphatic rings. The van der Waals surface area contributed by atoms with Gasteiger partial charge in [-0.2, -0.15) is 13.2 Å². The number of ether oxygens (including phenoxy) is 1. The predicted molar refractivity (Wildman–Crippen MR) is 119 cm³/mol. The molecule has 186 valence electrons. The Morgan fingerprint density at radius 1 is 0.971 bits per heavy atom. The number of rotatable bonds is 3. The van der Waals surface area contributed by atoms with Crippen LogP contribution in [0.3, 0.4) is 0 Å². The highest BCUT2D eigenvalue weighted by Gasteiger charge is 2.44. The molecule has 5 rings (SSSR count). The number of alkyl halides is 3. The molecule has 0 saturated carbocycles. The van der Waals surface area contributed by atoms with Gasteiger partial charge in [-0.1, -0.05) is 0 Å². The fourth-order valence-electron chi connectivity index (χ4n) is 5.76. The fourth-order valence-corrected chi connectivity index (χ4v) is 5.76. The number of morpholine rings is 1. The van der Waals surface area contributed by atoms with Gasteiger partial charge >= 0.3 is 6.18 Å². The summed E-state index contributed by atoms with van der Waals surface area (Å²) in [5.74, 6) is -0.336. The first-order valence-corrected chi connectivity index (χ1v) is 12.1. The molecule has 0 spiro atoms. The molecule has 3 saturated heterocycles. The van der Waals surface area contributed by atoms with Crippen molar-refractivity contribution >= 4 is 17.5 Å². The van der Waals surface area contributed by atoms with E-state index in [1.165, 1.54) is 6.07 Å². The number of hydrogen-bond donors (Lipinski definition) is 0. The van der Waals surface area contributed by atoms with Crippen LogP contribution in [0.15, 0.2) is 18.2 Å². The Balaban J connectivity index is 1.38. The molecule has 1 aromatic rings. The summed E-state index contributed by atoms with van der Waals surface area (Å²) in [6.07, 6.45) is -2.20. The number of piperazine rings is 1. The van der Waals surface area contributed by atoms with Gasteiger partial charge in [0.2, 0.25) is 11.8 Å². The monoisotopic (exact) mass is 480 g/mol. The highest BCUT2D eigenvalue weighted by molar-refractivity contribution is 5.83. The van der Waals surface area contributed by atoms with Crippen LogP contribution in [0.5, 0.6) is 0 Å². The number of fused-ring (bicyclic) bond motifs is 3. The third-order valence-corrected chi connectivity index (χ3v) is 7.58. The third kappa shape index (κ3) is 4.62. The minimum Gasteiger partial charge on any atom is -0.378 e. The highest BCUT2D eigenvalue weighted by atomic mass is 19.4. The van der Waals surface area contributed by atoms with Gasteiger partial charge in [0, 0.05) is 51.5 Å². The first kappa shape index (κ1) is 23.4. The van der Waals surface area contributed by atoms with Crippen LogP contribution < -0.4 is 4.90 Å². The Bertz CT molecular complexity index is 929. The summed E-state index contributed by atoms with van der Waals surface area (Å²) >= 11 is 0. The van der Waals surface area contributed by atoms with Gasteiger partial charge in [-0.15, -0.1) is 0 Å². The Morgan fingerprint density at radius 2 is 1.71 bits per heavy atom. The van der Waals surface area contributed by atoms with Gasteiger partial charge in [0.1, 0.15) is 0 Å². The lowest BCUT2D eigenvalue weighted by Crippen LogP contribution is -2.62. The Labute approximate surface area is 197 Å². The summed E-state index contributed by atoms with van der Waals surface area (Å²) in [5, 5.41) is 0. The molecule has 1 aromatic carbocycles. The summed E-state index contributed by atoms with van der Waals surface area (Å²) in [4.78, 5) is 34.2. The first-order chi connectivity index (χ1) is 16.3. The lowest BCUT2D eigenvalue weighted by atomic mass is 9.82. The first-order valence-electron chi connectivity index (χ1n) is 12.1. The zero-order valence-electron chi connectivity index (χ0n) is 19.2. The molecule has 3 fully saturated rings. The molecule has 0 aromatic heterocycles. The van der Waals surface area contributed by atoms with Gasteiger partial charge < -0.3 is 19.4 Å². The quantitative estimate of drug-likeness (QED) is 0.661. The zero-order chi connectivity index (χ0) is 23.9. The molecule has 4 heterocycles. The third-order valence-electron chi connectivity index (χ3n) is 7.58. The number of carbonyl (C=O) groups excluding carboxylic acids is 2. The number of carbonyl (C=O) groups is 2. The molecular formula is C24H31F3N4O3. The van der Waals surface area contributed by atoms with Crippen molar-refractivity contribution in [2.24, 2.45) is 5.92 Å². The van der Waals surface area contributed by atoms with E-state index in [2.05, 4.69) is 9.80 Å². The highest BCUT2D eigenvalue weighted by Crippen LogP contribution is 2.40. The SMILES string of the molecule is O=C(CN1CCN2c3ccc(C(F)(F)F)cc3C[C@@H](C(=O)N3CCCC3)[C@@H]2C1)N1CCOCC1. The number of hydrogen-bond acceptors (Lipinski definition) is 5. The van der Waals surface area contributed by atoms with Crippen LogP contribution in [0.1, 0.15) is 24.0 Å². The average Bonchev–Trinajstić information content (AvgIpc) is 3.37. The van der Waals surface area contributed by atoms with Gasteiger partial charge in [-0.05, 0) is 43.0 Å². The molecule has 2 atom stereocenters. The second kappa shape index (κ2) is 9.37. The van der Waals surface area contributed by atoms with Crippen LogP contribution in [0.4, 0.5) is 18.9 Å². The maximum absolute atomic E-state index is 13.5. The van der Waals surface area contributed by atoms with E-state index in [-0.39, 0.29) is 24.4 Å². The molecule has 7 nitrogen and oxygen atoms in total. The summed E-state index contributed by atoms with van der Waals surface area (Å²) < 4.78 is 45.5. The molecule has 0 bridgehead atoms. The van der Waals surface area contributed by atoms with Crippen molar-refractivity contribution in [3.8, 4) is 0 Å². The van der Waals surface area contributed by atoms with E-state index in [0.29, 0.717) is 71.0 Å². The maximum atomic E-state index is 13.5. The van der Waals surface area contributed by atoms with Crippen molar-refractivity contribution < 1.29 is 27.5 Å². The van der Waals surface area contributed by atoms with E-state index in [0.717, 1.165) is 24.6 Å². The number of halogens is 3. The Hall–Kier alpha value is -2.33. The number of likely N-dealkylation sites (tertiary alicyclic amines) is 1. The van der Waals surface area contributed by atoms with Gasteiger partial charge in [-0.25, -0.2) is 0 Å². The Kier molecular flexibility index (Phi) is 6.45. The average molecular weight is 481 g/mol. The summed E-state index contributed by atoms with van der Waals surface area (Å²) in [6.45, 7) is 5.71. The molecular weight excluding hydrogens is 449 g/mol. The van der Waals surface area contributed by atoms with Gasteiger partial charge in [0.25, 0.3) is 0 Å². The molecule has 10 heteroatoms. The topological polar surface area (TPSA) is 56.3 Å². The van der Waals surface area contributed by atoms with Crippen LogP contribution in [-0.2, 0) is 26.9 Å². The molecule has 34 heavy (non-hydrogen) atoms. The minimum atomic E-state index is -4.42. The molecule has 4 aliphatic heterocycles. The van der Waals surface area contributed by atoms with E-state index < -0.39 is 17.7 Å². The fraction of sp³-hybridized carbons (Fsp3) is 0.667. The summed E-state index contributed by atoms with van der Waals surface area (Å²) in [7, 11) is 0. The van der Waals surface area contributed by atoms with Crippen molar-refractivity contribution in [1.82, 2.24) is 14.7 Å². The van der Waals surface area contributed by atoms with Crippen molar-refractivity contribution in [3.05, 3.63) is 29.3 Å². The molecule has 2 amide bonds. The van der Waals surface area contributed by atoms with Crippen molar-refractivity contribution in [1.29, 1.82) is 0 Å². The van der Waals surface area contributed by atoms with Gasteiger partial charge in [-0.3, -0.25) is 14.5 Å². The van der Waals surface area contributed by atoms with E-state index in [4.69, 9.17) is 4.74 Å². The number of benzene rings is 1. The van der Waals surface area contributed by atoms with Crippen LogP contribution in [0.25, 0.3) is 0 Å². The smallest absolute Gasteiger partial charge is 0.378 e. The number of anilines is 1. The van der Waals surface area contributed by atoms with Crippen LogP contribution in [-0.4, -0.2) is 98.1 Å². The summed E-state index contributed by atoms with van der Waals surface area (Å²) in [5.41, 5.74) is 0.691. The second-order valence-electron chi connectivity index (χ2n) is 9.67. The van der Waals surface area contributed by atoms with E-state index in [1.807, 2.05) is 9.80 Å².